The number of amides is 2. The number of benzene rings is 1. The van der Waals surface area contributed by atoms with E-state index in [9.17, 15) is 9.59 Å². The van der Waals surface area contributed by atoms with E-state index in [1.807, 2.05) is 12.1 Å². The number of hydrogen-bond acceptors (Lipinski definition) is 2. The molecule has 2 amide bonds. The van der Waals surface area contributed by atoms with Crippen molar-refractivity contribution in [2.75, 3.05) is 6.54 Å². The fourth-order valence-electron chi connectivity index (χ4n) is 4.61. The third-order valence-corrected chi connectivity index (χ3v) is 6.61. The maximum Gasteiger partial charge on any atom is 0.261 e. The van der Waals surface area contributed by atoms with E-state index in [1.54, 1.807) is 12.1 Å². The minimum absolute atomic E-state index is 0.118. The summed E-state index contributed by atoms with van der Waals surface area (Å²) < 4.78 is 0. The molecule has 3 nitrogen and oxygen atoms in total. The molecule has 31 heavy (non-hydrogen) atoms. The Bertz CT molecular complexity index is 605. The number of hydrogen-bond donors (Lipinski definition) is 0. The number of rotatable bonds is 19. The van der Waals surface area contributed by atoms with E-state index >= 15 is 0 Å². The molecule has 3 heteroatoms. The van der Waals surface area contributed by atoms with Crippen molar-refractivity contribution >= 4 is 11.8 Å². The van der Waals surface area contributed by atoms with E-state index in [0.717, 1.165) is 12.8 Å². The molecule has 0 bridgehead atoms. The van der Waals surface area contributed by atoms with Gasteiger partial charge >= 0.3 is 0 Å². The maximum absolute atomic E-state index is 12.3. The lowest BCUT2D eigenvalue weighted by molar-refractivity contribution is 0.0651. The van der Waals surface area contributed by atoms with Gasteiger partial charge in [-0.2, -0.15) is 0 Å². The van der Waals surface area contributed by atoms with Crippen LogP contribution in [0.1, 0.15) is 143 Å². The lowest BCUT2D eigenvalue weighted by atomic mass is 10.0. The molecule has 0 aliphatic carbocycles. The molecule has 0 atom stereocenters. The second-order valence-corrected chi connectivity index (χ2v) is 9.32. The molecule has 1 aromatic rings. The van der Waals surface area contributed by atoms with Gasteiger partial charge in [0.2, 0.25) is 0 Å². The predicted molar refractivity (Wildman–Crippen MR) is 131 cm³/mol. The molecule has 0 N–H and O–H groups in total. The molecule has 0 radical (unpaired) electrons. The van der Waals surface area contributed by atoms with Crippen LogP contribution in [0.3, 0.4) is 0 Å². The van der Waals surface area contributed by atoms with Gasteiger partial charge in [-0.15, -0.1) is 0 Å². The number of nitrogens with zero attached hydrogens (tertiary/aromatic N) is 1. The second-order valence-electron chi connectivity index (χ2n) is 9.32. The normalized spacial score (nSPS) is 13.3. The van der Waals surface area contributed by atoms with E-state index in [-0.39, 0.29) is 11.8 Å². The molecule has 1 aromatic carbocycles. The first-order valence-electron chi connectivity index (χ1n) is 13.2. The summed E-state index contributed by atoms with van der Waals surface area (Å²) in [6, 6.07) is 7.16. The van der Waals surface area contributed by atoms with Crippen LogP contribution in [0.2, 0.25) is 0 Å². The Morgan fingerprint density at radius 3 is 1.19 bits per heavy atom. The van der Waals surface area contributed by atoms with Crippen LogP contribution in [0.5, 0.6) is 0 Å². The Labute approximate surface area is 191 Å². The first-order chi connectivity index (χ1) is 15.3. The molecule has 0 fully saturated rings. The third-order valence-electron chi connectivity index (χ3n) is 6.61. The number of carbonyl (C=O) groups excluding carboxylic acids is 2. The summed E-state index contributed by atoms with van der Waals surface area (Å²) in [5, 5.41) is 0. The number of imide groups is 1. The van der Waals surface area contributed by atoms with E-state index < -0.39 is 0 Å². The van der Waals surface area contributed by atoms with Crippen molar-refractivity contribution in [2.24, 2.45) is 0 Å². The SMILES string of the molecule is CCCCCCCCCCCCCCCCCCCCN1C(=O)c2ccccc2C1=O. The van der Waals surface area contributed by atoms with E-state index in [1.165, 1.54) is 108 Å². The van der Waals surface area contributed by atoms with Gasteiger partial charge in [0.25, 0.3) is 11.8 Å². The molecule has 0 saturated heterocycles. The summed E-state index contributed by atoms with van der Waals surface area (Å²) in [5.74, 6) is -0.236. The van der Waals surface area contributed by atoms with Crippen LogP contribution in [0.25, 0.3) is 0 Å². The van der Waals surface area contributed by atoms with Gasteiger partial charge in [0, 0.05) is 6.54 Å². The molecule has 0 spiro atoms. The number of fused-ring (bicyclic) bond motifs is 1. The first kappa shape index (κ1) is 25.6. The Kier molecular flexibility index (Phi) is 13.3. The fraction of sp³-hybridized carbons (Fsp3) is 0.714. The van der Waals surface area contributed by atoms with Gasteiger partial charge in [-0.05, 0) is 18.6 Å². The lowest BCUT2D eigenvalue weighted by Crippen LogP contribution is -2.30. The van der Waals surface area contributed by atoms with Crippen LogP contribution in [0.4, 0.5) is 0 Å². The topological polar surface area (TPSA) is 37.4 Å². The van der Waals surface area contributed by atoms with Crippen molar-refractivity contribution in [2.45, 2.75) is 122 Å². The molecule has 0 saturated carbocycles. The van der Waals surface area contributed by atoms with Crippen LogP contribution < -0.4 is 0 Å². The van der Waals surface area contributed by atoms with Crippen LogP contribution in [0.15, 0.2) is 24.3 Å². The summed E-state index contributed by atoms with van der Waals surface area (Å²) in [6.45, 7) is 2.84. The highest BCUT2D eigenvalue weighted by Crippen LogP contribution is 2.23. The van der Waals surface area contributed by atoms with E-state index in [2.05, 4.69) is 6.92 Å². The van der Waals surface area contributed by atoms with Crippen LogP contribution in [-0.2, 0) is 0 Å². The molecule has 1 aliphatic heterocycles. The molecule has 0 aromatic heterocycles. The smallest absolute Gasteiger partial charge is 0.261 e. The average Bonchev–Trinajstić information content (AvgIpc) is 3.03. The van der Waals surface area contributed by atoms with Gasteiger partial charge < -0.3 is 0 Å². The summed E-state index contributed by atoms with van der Waals surface area (Å²) in [7, 11) is 0. The lowest BCUT2D eigenvalue weighted by Gasteiger charge is -2.13. The molecule has 1 heterocycles. The van der Waals surface area contributed by atoms with E-state index in [0.29, 0.717) is 17.7 Å². The minimum atomic E-state index is -0.118. The number of unbranched alkanes of at least 4 members (excludes halogenated alkanes) is 17. The monoisotopic (exact) mass is 427 g/mol. The van der Waals surface area contributed by atoms with Gasteiger partial charge in [0.1, 0.15) is 0 Å². The molecular weight excluding hydrogens is 382 g/mol. The van der Waals surface area contributed by atoms with Crippen molar-refractivity contribution in [1.82, 2.24) is 4.90 Å². The van der Waals surface area contributed by atoms with Crippen LogP contribution in [-0.4, -0.2) is 23.3 Å². The van der Waals surface area contributed by atoms with Gasteiger partial charge in [-0.1, -0.05) is 128 Å². The largest absolute Gasteiger partial charge is 0.274 e. The minimum Gasteiger partial charge on any atom is -0.274 e. The van der Waals surface area contributed by atoms with Gasteiger partial charge in [0.05, 0.1) is 11.1 Å². The Balaban J connectivity index is 1.33. The summed E-state index contributed by atoms with van der Waals surface area (Å²) >= 11 is 0. The highest BCUT2D eigenvalue weighted by atomic mass is 16.2. The van der Waals surface area contributed by atoms with Gasteiger partial charge in [-0.3, -0.25) is 14.5 Å². The summed E-state index contributed by atoms with van der Waals surface area (Å²) in [6.07, 6.45) is 24.2. The molecule has 2 rings (SSSR count). The van der Waals surface area contributed by atoms with Crippen LogP contribution >= 0.6 is 0 Å². The third kappa shape index (κ3) is 9.58. The maximum atomic E-state index is 12.3. The summed E-state index contributed by atoms with van der Waals surface area (Å²) in [5.41, 5.74) is 1.13. The zero-order valence-corrected chi connectivity index (χ0v) is 20.0. The molecule has 0 unspecified atom stereocenters. The quantitative estimate of drug-likeness (QED) is 0.164. The van der Waals surface area contributed by atoms with Gasteiger partial charge in [0.15, 0.2) is 0 Å². The standard InChI is InChI=1S/C28H45NO2/c1-2-3-4-5-6-7-8-9-10-11-12-13-14-15-16-17-18-21-24-29-27(30)25-22-19-20-23-26(25)28(29)31/h19-20,22-23H,2-18,21,24H2,1H3. The summed E-state index contributed by atoms with van der Waals surface area (Å²) in [4.78, 5) is 26.1. The van der Waals surface area contributed by atoms with Crippen molar-refractivity contribution in [3.05, 3.63) is 35.4 Å². The second kappa shape index (κ2) is 16.1. The fourth-order valence-corrected chi connectivity index (χ4v) is 4.61. The highest BCUT2D eigenvalue weighted by molar-refractivity contribution is 6.21. The first-order valence-corrected chi connectivity index (χ1v) is 13.2. The highest BCUT2D eigenvalue weighted by Gasteiger charge is 2.34. The predicted octanol–water partition coefficient (Wildman–Crippen LogP) is 8.32. The van der Waals surface area contributed by atoms with Crippen molar-refractivity contribution in [3.63, 3.8) is 0 Å². The Hall–Kier alpha value is -1.64. The van der Waals surface area contributed by atoms with Crippen molar-refractivity contribution in [3.8, 4) is 0 Å². The average molecular weight is 428 g/mol. The van der Waals surface area contributed by atoms with Crippen LogP contribution in [0, 0.1) is 0 Å². The Morgan fingerprint density at radius 1 is 0.516 bits per heavy atom. The van der Waals surface area contributed by atoms with Crippen molar-refractivity contribution in [1.29, 1.82) is 0 Å². The molecule has 1 aliphatic rings. The number of carbonyl (C=O) groups is 2. The van der Waals surface area contributed by atoms with E-state index in [4.69, 9.17) is 0 Å². The molecule has 174 valence electrons. The zero-order chi connectivity index (χ0) is 22.2. The Morgan fingerprint density at radius 2 is 0.839 bits per heavy atom. The van der Waals surface area contributed by atoms with Gasteiger partial charge in [-0.25, -0.2) is 0 Å². The van der Waals surface area contributed by atoms with Crippen molar-refractivity contribution < 1.29 is 9.59 Å². The molecular formula is C28H45NO2. The zero-order valence-electron chi connectivity index (χ0n) is 20.0.